The van der Waals surface area contributed by atoms with Gasteiger partial charge >= 0.3 is 5.97 Å². The lowest BCUT2D eigenvalue weighted by Gasteiger charge is -2.40. The number of halogens is 2. The summed E-state index contributed by atoms with van der Waals surface area (Å²) in [5.74, 6) is 0.583. The van der Waals surface area contributed by atoms with Gasteiger partial charge in [0.2, 0.25) is 0 Å². The Bertz CT molecular complexity index is 579. The first-order valence-electron chi connectivity index (χ1n) is 8.71. The molecule has 6 heteroatoms. The fourth-order valence-electron chi connectivity index (χ4n) is 3.95. The first-order valence-corrected chi connectivity index (χ1v) is 9.47. The lowest BCUT2D eigenvalue weighted by molar-refractivity contribution is -0.940. The molecule has 1 unspecified atom stereocenters. The molecule has 2 aliphatic rings. The molecule has 0 saturated carbocycles. The molecule has 2 fully saturated rings. The minimum Gasteiger partial charge on any atom is -0.480 e. The summed E-state index contributed by atoms with van der Waals surface area (Å²) >= 11 is 11.9. The summed E-state index contributed by atoms with van der Waals surface area (Å²) in [6, 6.07) is 5.58. The molecule has 0 aromatic heterocycles. The lowest BCUT2D eigenvalue weighted by atomic mass is 9.84. The largest absolute Gasteiger partial charge is 0.480 e. The quantitative estimate of drug-likeness (QED) is 0.807. The lowest BCUT2D eigenvalue weighted by Crippen LogP contribution is -3.18. The van der Waals surface area contributed by atoms with E-state index in [1.54, 1.807) is 23.1 Å². The molecule has 1 aromatic rings. The zero-order chi connectivity index (χ0) is 16.9. The summed E-state index contributed by atoms with van der Waals surface area (Å²) in [5, 5.41) is 0.927. The summed E-state index contributed by atoms with van der Waals surface area (Å²) in [6.45, 7) is 2.92. The van der Waals surface area contributed by atoms with Gasteiger partial charge in [0.25, 0.3) is 0 Å². The Hall–Kier alpha value is -0.970. The minimum absolute atomic E-state index is 0.130. The monoisotopic (exact) mass is 372 g/mol. The van der Waals surface area contributed by atoms with Crippen molar-refractivity contribution in [3.05, 3.63) is 28.2 Å². The highest BCUT2D eigenvalue weighted by atomic mass is 35.5. The molecular weight excluding hydrogens is 349 g/mol. The third-order valence-corrected chi connectivity index (χ3v) is 5.66. The van der Waals surface area contributed by atoms with Gasteiger partial charge in [0.05, 0.1) is 30.8 Å². The number of esters is 1. The fraction of sp³-hybridized carbons (Fsp3) is 0.611. The Labute approximate surface area is 153 Å². The van der Waals surface area contributed by atoms with Crippen molar-refractivity contribution < 1.29 is 19.2 Å². The highest BCUT2D eigenvalue weighted by Crippen LogP contribution is 2.27. The molecule has 0 radical (unpaired) electrons. The summed E-state index contributed by atoms with van der Waals surface area (Å²) in [4.78, 5) is 13.7. The molecule has 4 nitrogen and oxygen atoms in total. The Balaban J connectivity index is 1.45. The van der Waals surface area contributed by atoms with E-state index in [2.05, 4.69) is 0 Å². The number of hydrogen-bond donors (Lipinski definition) is 1. The van der Waals surface area contributed by atoms with E-state index in [9.17, 15) is 4.79 Å². The molecule has 0 amide bonds. The molecule has 2 saturated heterocycles. The van der Waals surface area contributed by atoms with E-state index >= 15 is 0 Å². The van der Waals surface area contributed by atoms with Gasteiger partial charge in [-0.05, 0) is 50.3 Å². The average molecular weight is 373 g/mol. The third kappa shape index (κ3) is 4.56. The second kappa shape index (κ2) is 8.41. The summed E-state index contributed by atoms with van der Waals surface area (Å²) < 4.78 is 10.9. The molecule has 0 spiro atoms. The Kier molecular flexibility index (Phi) is 6.25. The van der Waals surface area contributed by atoms with Gasteiger partial charge in [-0.2, -0.15) is 0 Å². The molecule has 132 valence electrons. The van der Waals surface area contributed by atoms with Crippen LogP contribution in [-0.2, 0) is 9.53 Å². The maximum absolute atomic E-state index is 12.0. The van der Waals surface area contributed by atoms with Crippen molar-refractivity contribution in [3.63, 3.8) is 0 Å². The number of rotatable bonds is 5. The van der Waals surface area contributed by atoms with Crippen LogP contribution in [0.1, 0.15) is 32.1 Å². The van der Waals surface area contributed by atoms with Crippen molar-refractivity contribution >= 4 is 29.2 Å². The van der Waals surface area contributed by atoms with E-state index in [0.717, 1.165) is 6.42 Å². The van der Waals surface area contributed by atoms with Crippen molar-refractivity contribution in [1.29, 1.82) is 0 Å². The van der Waals surface area contributed by atoms with E-state index in [0.29, 0.717) is 34.4 Å². The van der Waals surface area contributed by atoms with Crippen molar-refractivity contribution in [2.45, 2.75) is 38.1 Å². The van der Waals surface area contributed by atoms with E-state index in [1.165, 1.54) is 38.8 Å². The second-order valence-corrected chi connectivity index (χ2v) is 7.55. The van der Waals surface area contributed by atoms with Crippen LogP contribution in [0, 0.1) is 5.92 Å². The highest BCUT2D eigenvalue weighted by molar-refractivity contribution is 6.35. The normalized spacial score (nSPS) is 26.5. The number of hydrogen-bond acceptors (Lipinski definition) is 3. The van der Waals surface area contributed by atoms with Crippen LogP contribution in [0.4, 0.5) is 0 Å². The number of carbonyl (C=O) groups excluding carboxylic acids is 1. The van der Waals surface area contributed by atoms with Gasteiger partial charge in [0, 0.05) is 10.9 Å². The number of piperidine rings is 2. The van der Waals surface area contributed by atoms with Crippen molar-refractivity contribution in [2.24, 2.45) is 5.92 Å². The van der Waals surface area contributed by atoms with E-state index in [-0.39, 0.29) is 12.6 Å². The maximum atomic E-state index is 12.0. The molecule has 24 heavy (non-hydrogen) atoms. The summed E-state index contributed by atoms with van der Waals surface area (Å²) in [6.07, 6.45) is 6.27. The van der Waals surface area contributed by atoms with Crippen molar-refractivity contribution in [2.75, 3.05) is 26.3 Å². The average Bonchev–Trinajstić information content (AvgIpc) is 2.59. The van der Waals surface area contributed by atoms with Gasteiger partial charge < -0.3 is 14.4 Å². The van der Waals surface area contributed by atoms with Crippen LogP contribution >= 0.6 is 23.2 Å². The van der Waals surface area contributed by atoms with Gasteiger partial charge in [0.1, 0.15) is 5.75 Å². The number of quaternary nitrogens is 1. The summed E-state index contributed by atoms with van der Waals surface area (Å²) in [5.41, 5.74) is 0. The van der Waals surface area contributed by atoms with Crippen LogP contribution in [0.25, 0.3) is 0 Å². The SMILES string of the molecule is O=C(COc1ccc(Cl)cc1Cl)OC[C@H]1CCC[NH+]2CCCC[C@@H]12. The zero-order valence-corrected chi connectivity index (χ0v) is 15.2. The van der Waals surface area contributed by atoms with Crippen LogP contribution in [0.2, 0.25) is 10.0 Å². The molecule has 2 aliphatic heterocycles. The van der Waals surface area contributed by atoms with Gasteiger partial charge in [-0.1, -0.05) is 23.2 Å². The number of ether oxygens (including phenoxy) is 2. The van der Waals surface area contributed by atoms with Gasteiger partial charge in [-0.3, -0.25) is 0 Å². The van der Waals surface area contributed by atoms with Crippen LogP contribution in [0.15, 0.2) is 18.2 Å². The molecular formula is C18H24Cl2NO3+. The Morgan fingerprint density at radius 2 is 2.00 bits per heavy atom. The molecule has 3 atom stereocenters. The zero-order valence-electron chi connectivity index (χ0n) is 13.7. The second-order valence-electron chi connectivity index (χ2n) is 6.71. The fourth-order valence-corrected chi connectivity index (χ4v) is 4.41. The van der Waals surface area contributed by atoms with E-state index in [4.69, 9.17) is 32.7 Å². The third-order valence-electron chi connectivity index (χ3n) is 5.13. The smallest absolute Gasteiger partial charge is 0.344 e. The minimum atomic E-state index is -0.344. The first kappa shape index (κ1) is 17.8. The standard InChI is InChI=1S/C18H23Cl2NO3/c19-14-6-7-17(15(20)10-14)23-12-18(22)24-11-13-4-3-9-21-8-2-1-5-16(13)21/h6-7,10,13,16H,1-5,8-9,11-12H2/p+1/t13-,16+/m1/s1. The molecule has 3 rings (SSSR count). The van der Waals surface area contributed by atoms with Gasteiger partial charge in [0.15, 0.2) is 6.61 Å². The number of carbonyl (C=O) groups is 1. The van der Waals surface area contributed by atoms with E-state index < -0.39 is 0 Å². The topological polar surface area (TPSA) is 40.0 Å². The van der Waals surface area contributed by atoms with Crippen molar-refractivity contribution in [3.8, 4) is 5.75 Å². The molecule has 0 aliphatic carbocycles. The van der Waals surface area contributed by atoms with Crippen molar-refractivity contribution in [1.82, 2.24) is 0 Å². The maximum Gasteiger partial charge on any atom is 0.344 e. The molecule has 1 aromatic carbocycles. The first-order chi connectivity index (χ1) is 11.6. The van der Waals surface area contributed by atoms with Crippen LogP contribution in [-0.4, -0.2) is 38.3 Å². The molecule has 2 heterocycles. The Morgan fingerprint density at radius 3 is 2.83 bits per heavy atom. The predicted octanol–water partition coefficient (Wildman–Crippen LogP) is 2.76. The molecule has 0 bridgehead atoms. The van der Waals surface area contributed by atoms with Gasteiger partial charge in [-0.25, -0.2) is 4.79 Å². The van der Waals surface area contributed by atoms with Crippen LogP contribution < -0.4 is 9.64 Å². The number of benzene rings is 1. The predicted molar refractivity (Wildman–Crippen MR) is 94.0 cm³/mol. The van der Waals surface area contributed by atoms with Crippen LogP contribution in [0.3, 0.4) is 0 Å². The van der Waals surface area contributed by atoms with E-state index in [1.807, 2.05) is 0 Å². The molecule has 1 N–H and O–H groups in total. The van der Waals surface area contributed by atoms with Gasteiger partial charge in [-0.15, -0.1) is 0 Å². The number of nitrogens with one attached hydrogen (secondary N) is 1. The summed E-state index contributed by atoms with van der Waals surface area (Å²) in [7, 11) is 0. The number of fused-ring (bicyclic) bond motifs is 1. The highest BCUT2D eigenvalue weighted by Gasteiger charge is 2.37. The van der Waals surface area contributed by atoms with Crippen LogP contribution in [0.5, 0.6) is 5.75 Å². The Morgan fingerprint density at radius 1 is 1.17 bits per heavy atom.